The summed E-state index contributed by atoms with van der Waals surface area (Å²) in [6.07, 6.45) is 3.41. The van der Waals surface area contributed by atoms with Crippen LogP contribution in [0, 0.1) is 0 Å². The first-order valence-corrected chi connectivity index (χ1v) is 16.3. The number of carbonyl (C=O) groups is 3. The Balaban J connectivity index is 1.40. The Kier molecular flexibility index (Phi) is 8.73. The topological polar surface area (TPSA) is 147 Å². The number of thioether (sulfide) groups is 1. The van der Waals surface area contributed by atoms with E-state index in [0.29, 0.717) is 11.3 Å². The highest BCUT2D eigenvalue weighted by molar-refractivity contribution is 8.00. The number of nitrogens with two attached hydrogens (primary N) is 1. The Bertz CT molecular complexity index is 1760. The summed E-state index contributed by atoms with van der Waals surface area (Å²) in [7, 11) is 0. The summed E-state index contributed by atoms with van der Waals surface area (Å²) in [6.45, 7) is 1.78. The average molecular weight is 652 g/mol. The lowest BCUT2D eigenvalue weighted by atomic mass is 9.80. The van der Waals surface area contributed by atoms with Gasteiger partial charge in [-0.2, -0.15) is 0 Å². The van der Waals surface area contributed by atoms with E-state index in [-0.39, 0.29) is 22.2 Å². The molecule has 2 aliphatic heterocycles. The van der Waals surface area contributed by atoms with Gasteiger partial charge in [-0.15, -0.1) is 23.1 Å². The van der Waals surface area contributed by atoms with E-state index in [2.05, 4.69) is 15.5 Å². The second-order valence-electron chi connectivity index (χ2n) is 10.4. The summed E-state index contributed by atoms with van der Waals surface area (Å²) in [6, 6.07) is 27.7. The van der Waals surface area contributed by atoms with Crippen molar-refractivity contribution in [2.75, 3.05) is 11.5 Å². The number of aliphatic carboxylic acids is 1. The van der Waals surface area contributed by atoms with E-state index in [9.17, 15) is 19.5 Å². The van der Waals surface area contributed by atoms with Crippen LogP contribution >= 0.6 is 23.1 Å². The molecule has 0 bridgehead atoms. The number of hydrogen-bond donors (Lipinski definition) is 3. The van der Waals surface area contributed by atoms with Gasteiger partial charge in [-0.1, -0.05) is 108 Å². The van der Waals surface area contributed by atoms with Crippen molar-refractivity contribution in [1.29, 1.82) is 0 Å². The van der Waals surface area contributed by atoms with Crippen LogP contribution in [0.15, 0.2) is 125 Å². The minimum Gasteiger partial charge on any atom is -0.477 e. The van der Waals surface area contributed by atoms with E-state index < -0.39 is 34.8 Å². The van der Waals surface area contributed by atoms with E-state index in [4.69, 9.17) is 10.6 Å². The lowest BCUT2D eigenvalue weighted by Gasteiger charge is -2.49. The molecular formula is C34H29N5O5S2. The number of allylic oxidation sites excluding steroid dienone is 2. The van der Waals surface area contributed by atoms with Crippen molar-refractivity contribution in [3.05, 3.63) is 142 Å². The fraction of sp³-hybridized carbons (Fsp3) is 0.147. The third-order valence-electron chi connectivity index (χ3n) is 7.65. The molecule has 10 nitrogen and oxygen atoms in total. The lowest BCUT2D eigenvalue weighted by molar-refractivity contribution is -0.150. The molecule has 2 atom stereocenters. The molecule has 46 heavy (non-hydrogen) atoms. The lowest BCUT2D eigenvalue weighted by Crippen LogP contribution is -2.71. The van der Waals surface area contributed by atoms with Gasteiger partial charge in [0.2, 0.25) is 5.60 Å². The van der Waals surface area contributed by atoms with Crippen LogP contribution in [-0.2, 0) is 24.8 Å². The van der Waals surface area contributed by atoms with Gasteiger partial charge in [0.15, 0.2) is 10.8 Å². The van der Waals surface area contributed by atoms with Gasteiger partial charge in [0, 0.05) is 27.8 Å². The van der Waals surface area contributed by atoms with Crippen molar-refractivity contribution < 1.29 is 24.3 Å². The Morgan fingerprint density at radius 1 is 1.02 bits per heavy atom. The quantitative estimate of drug-likeness (QED) is 0.0964. The maximum absolute atomic E-state index is 14.0. The van der Waals surface area contributed by atoms with E-state index in [0.717, 1.165) is 28.0 Å². The zero-order valence-corrected chi connectivity index (χ0v) is 26.2. The molecular weight excluding hydrogens is 623 g/mol. The predicted molar refractivity (Wildman–Crippen MR) is 178 cm³/mol. The molecule has 1 aromatic heterocycles. The van der Waals surface area contributed by atoms with Crippen molar-refractivity contribution in [3.63, 3.8) is 0 Å². The number of nitrogen functional groups attached to an aromatic ring is 1. The number of nitrogens with zero attached hydrogens (tertiary/aromatic N) is 3. The maximum Gasteiger partial charge on any atom is 0.352 e. The van der Waals surface area contributed by atoms with Gasteiger partial charge in [-0.05, 0) is 12.5 Å². The first kappa shape index (κ1) is 30.8. The highest BCUT2D eigenvalue weighted by Gasteiger charge is 2.54. The molecule has 6 rings (SSSR count). The van der Waals surface area contributed by atoms with E-state index in [1.54, 1.807) is 24.5 Å². The number of β-lactam (4-membered cyclic amide) rings is 1. The first-order chi connectivity index (χ1) is 22.3. The fourth-order valence-corrected chi connectivity index (χ4v) is 7.44. The number of thiazole rings is 1. The van der Waals surface area contributed by atoms with Crippen LogP contribution in [-0.4, -0.2) is 55.7 Å². The normalized spacial score (nSPS) is 18.2. The van der Waals surface area contributed by atoms with Gasteiger partial charge in [-0.25, -0.2) is 9.78 Å². The second-order valence-corrected chi connectivity index (χ2v) is 12.4. The molecule has 12 heteroatoms. The van der Waals surface area contributed by atoms with Crippen molar-refractivity contribution in [2.24, 2.45) is 5.16 Å². The van der Waals surface area contributed by atoms with Gasteiger partial charge in [-0.3, -0.25) is 14.5 Å². The molecule has 0 spiro atoms. The van der Waals surface area contributed by atoms with Crippen LogP contribution in [0.5, 0.6) is 0 Å². The number of rotatable bonds is 10. The number of aromatic nitrogens is 1. The van der Waals surface area contributed by atoms with Crippen LogP contribution < -0.4 is 11.1 Å². The van der Waals surface area contributed by atoms with E-state index in [1.807, 2.05) is 91.0 Å². The third kappa shape index (κ3) is 5.57. The van der Waals surface area contributed by atoms with Crippen LogP contribution in [0.3, 0.4) is 0 Å². The molecule has 0 radical (unpaired) electrons. The molecule has 3 heterocycles. The van der Waals surface area contributed by atoms with Gasteiger partial charge in [0.1, 0.15) is 22.8 Å². The Morgan fingerprint density at radius 2 is 1.59 bits per heavy atom. The SMILES string of the molecule is CC=CC1=C(C(=O)O)N2C(=O)C(NC(=O)C(=NOC(c3ccccc3)(c3ccccc3)c3ccccc3)c3csc(N)n3)[C@@H]2SC1. The summed E-state index contributed by atoms with van der Waals surface area (Å²) in [4.78, 5) is 51.4. The van der Waals surface area contributed by atoms with Gasteiger partial charge in [0.05, 0.1) is 0 Å². The molecule has 232 valence electrons. The zero-order valence-electron chi connectivity index (χ0n) is 24.6. The maximum atomic E-state index is 14.0. The van der Waals surface area contributed by atoms with Crippen molar-refractivity contribution in [1.82, 2.24) is 15.2 Å². The van der Waals surface area contributed by atoms with Crippen LogP contribution in [0.1, 0.15) is 29.3 Å². The minimum atomic E-state index is -1.27. The number of benzene rings is 3. The molecule has 1 fully saturated rings. The minimum absolute atomic E-state index is 0.0831. The second kappa shape index (κ2) is 13.0. The van der Waals surface area contributed by atoms with Crippen LogP contribution in [0.4, 0.5) is 5.13 Å². The number of hydrogen-bond acceptors (Lipinski definition) is 9. The number of carboxylic acids is 1. The number of amides is 2. The predicted octanol–water partition coefficient (Wildman–Crippen LogP) is 4.75. The fourth-order valence-electron chi connectivity index (χ4n) is 5.57. The van der Waals surface area contributed by atoms with Gasteiger partial charge < -0.3 is 21.0 Å². The number of carbonyl (C=O) groups excluding carboxylic acids is 2. The van der Waals surface area contributed by atoms with E-state index in [1.165, 1.54) is 16.7 Å². The molecule has 2 aliphatic rings. The van der Waals surface area contributed by atoms with Crippen LogP contribution in [0.2, 0.25) is 0 Å². The largest absolute Gasteiger partial charge is 0.477 e. The standard InChI is InChI=1S/C34H29N5O5S2/c1-2-12-21-19-45-31-27(30(41)39(31)28(21)32(42)43)37-29(40)26(25-20-46-33(35)36-25)38-44-34(22-13-6-3-7-14-22,23-15-8-4-9-16-23)24-17-10-5-11-18-24/h2-18,20,27,31H,19H2,1H3,(H2,35,36)(H,37,40)(H,42,43)/t27?,31-/m0/s1. The Morgan fingerprint density at radius 3 is 2.07 bits per heavy atom. The molecule has 0 saturated carbocycles. The van der Waals surface area contributed by atoms with Gasteiger partial charge in [0.25, 0.3) is 11.8 Å². The molecule has 1 unspecified atom stereocenters. The molecule has 1 saturated heterocycles. The Hall–Kier alpha value is -5.20. The number of carboxylic acid groups (broad SMARTS) is 1. The van der Waals surface area contributed by atoms with Crippen molar-refractivity contribution >= 4 is 51.7 Å². The molecule has 2 amide bonds. The van der Waals surface area contributed by atoms with Crippen LogP contribution in [0.25, 0.3) is 0 Å². The summed E-state index contributed by atoms with van der Waals surface area (Å²) in [5.41, 5.74) is 7.41. The van der Waals surface area contributed by atoms with Crippen molar-refractivity contribution in [2.45, 2.75) is 23.9 Å². The number of fused-ring (bicyclic) bond motifs is 1. The summed E-state index contributed by atoms with van der Waals surface area (Å²) in [5.74, 6) is -2.08. The third-order valence-corrected chi connectivity index (χ3v) is 9.63. The molecule has 4 aromatic rings. The van der Waals surface area contributed by atoms with Crippen molar-refractivity contribution in [3.8, 4) is 0 Å². The number of oxime groups is 1. The molecule has 3 aromatic carbocycles. The smallest absolute Gasteiger partial charge is 0.352 e. The molecule has 4 N–H and O–H groups in total. The highest BCUT2D eigenvalue weighted by atomic mass is 32.2. The summed E-state index contributed by atoms with van der Waals surface area (Å²) < 4.78 is 0. The molecule has 0 aliphatic carbocycles. The highest BCUT2D eigenvalue weighted by Crippen LogP contribution is 2.42. The summed E-state index contributed by atoms with van der Waals surface area (Å²) in [5, 5.41) is 18.3. The number of nitrogens with one attached hydrogen (secondary N) is 1. The monoisotopic (exact) mass is 651 g/mol. The summed E-state index contributed by atoms with van der Waals surface area (Å²) >= 11 is 2.50. The number of anilines is 1. The average Bonchev–Trinajstić information content (AvgIpc) is 3.52. The van der Waals surface area contributed by atoms with Gasteiger partial charge >= 0.3 is 5.97 Å². The zero-order chi connectivity index (χ0) is 32.3. The first-order valence-electron chi connectivity index (χ1n) is 14.3. The van der Waals surface area contributed by atoms with E-state index >= 15 is 0 Å². The Labute approximate surface area is 273 Å².